The van der Waals surface area contributed by atoms with Gasteiger partial charge in [0.05, 0.1) is 20.7 Å². The fourth-order valence-corrected chi connectivity index (χ4v) is 5.78. The van der Waals surface area contributed by atoms with E-state index in [9.17, 15) is 4.21 Å². The van der Waals surface area contributed by atoms with Crippen molar-refractivity contribution in [3.63, 3.8) is 0 Å². The molecule has 0 saturated heterocycles. The van der Waals surface area contributed by atoms with E-state index in [-0.39, 0.29) is 0 Å². The first-order valence-corrected chi connectivity index (χ1v) is 10.5. The van der Waals surface area contributed by atoms with Gasteiger partial charge in [0, 0.05) is 16.5 Å². The fraction of sp³-hybridized carbons (Fsp3) is 0.273. The van der Waals surface area contributed by atoms with Gasteiger partial charge >= 0.3 is 0 Å². The second kappa shape index (κ2) is 8.00. The minimum atomic E-state index is -1.16. The molecule has 1 atom stereocenters. The molecule has 2 rings (SSSR count). The highest BCUT2D eigenvalue weighted by Gasteiger charge is 2.11. The highest BCUT2D eigenvalue weighted by molar-refractivity contribution is 8.03. The van der Waals surface area contributed by atoms with Crippen LogP contribution in [0.5, 0.6) is 0 Å². The molecule has 108 valence electrons. The molecule has 0 saturated carbocycles. The van der Waals surface area contributed by atoms with E-state index < -0.39 is 10.8 Å². The van der Waals surface area contributed by atoms with E-state index in [0.29, 0.717) is 26.4 Å². The predicted molar refractivity (Wildman–Crippen MR) is 90.2 cm³/mol. The number of aromatic nitrogens is 2. The second-order valence-corrected chi connectivity index (χ2v) is 9.27. The summed E-state index contributed by atoms with van der Waals surface area (Å²) in [4.78, 5) is 0.585. The normalized spacial score (nSPS) is 12.6. The van der Waals surface area contributed by atoms with Gasteiger partial charge in [0.25, 0.3) is 0 Å². The smallest absolute Gasteiger partial charge is 0.175 e. The van der Waals surface area contributed by atoms with Crippen molar-refractivity contribution in [1.29, 1.82) is 0 Å². The lowest BCUT2D eigenvalue weighted by molar-refractivity contribution is 0.684. The van der Waals surface area contributed by atoms with Crippen molar-refractivity contribution in [2.75, 3.05) is 17.8 Å². The molecular formula is C11H10Cl2N2OS4. The lowest BCUT2D eigenvalue weighted by atomic mass is 10.4. The maximum atomic E-state index is 12.2. The van der Waals surface area contributed by atoms with Crippen LogP contribution in [0.2, 0.25) is 10.0 Å². The van der Waals surface area contributed by atoms with Crippen LogP contribution in [0.4, 0.5) is 0 Å². The Bertz CT molecular complexity index is 620. The minimum Gasteiger partial charge on any atom is -0.254 e. The fourth-order valence-electron chi connectivity index (χ4n) is 1.30. The first-order valence-electron chi connectivity index (χ1n) is 5.44. The molecular weight excluding hydrogens is 375 g/mol. The van der Waals surface area contributed by atoms with Crippen LogP contribution in [0.25, 0.3) is 0 Å². The highest BCUT2D eigenvalue weighted by atomic mass is 35.5. The summed E-state index contributed by atoms with van der Waals surface area (Å²) in [6.45, 7) is 0. The maximum Gasteiger partial charge on any atom is 0.175 e. The van der Waals surface area contributed by atoms with E-state index >= 15 is 0 Å². The number of benzene rings is 1. The summed E-state index contributed by atoms with van der Waals surface area (Å²) in [5.74, 6) is 1.19. The Morgan fingerprint density at radius 2 is 2.05 bits per heavy atom. The maximum absolute atomic E-state index is 12.2. The predicted octanol–water partition coefficient (Wildman–Crippen LogP) is 4.47. The van der Waals surface area contributed by atoms with Gasteiger partial charge in [-0.05, 0) is 24.5 Å². The van der Waals surface area contributed by atoms with Gasteiger partial charge in [0.1, 0.15) is 0 Å². The molecule has 0 unspecified atom stereocenters. The molecule has 0 aliphatic rings. The first-order chi connectivity index (χ1) is 9.60. The van der Waals surface area contributed by atoms with Crippen molar-refractivity contribution in [3.05, 3.63) is 28.2 Å². The van der Waals surface area contributed by atoms with E-state index in [1.54, 1.807) is 53.1 Å². The molecule has 1 aromatic carbocycles. The lowest BCUT2D eigenvalue weighted by Gasteiger charge is -2.04. The van der Waals surface area contributed by atoms with Crippen molar-refractivity contribution in [1.82, 2.24) is 10.2 Å². The molecule has 9 heteroatoms. The molecule has 20 heavy (non-hydrogen) atoms. The monoisotopic (exact) mass is 384 g/mol. The number of thioether (sulfide) groups is 2. The van der Waals surface area contributed by atoms with Crippen LogP contribution in [0, 0.1) is 0 Å². The molecule has 0 bridgehead atoms. The van der Waals surface area contributed by atoms with E-state index in [1.807, 2.05) is 6.26 Å². The standard InChI is InChI=1S/C11H10Cl2N2OS4/c1-17-10-14-15-11(19-10)18-4-5-20(16)9-6-7(12)2-3-8(9)13/h2-3,6H,4-5H2,1H3/t20-/m1/s1. The zero-order valence-corrected chi connectivity index (χ0v) is 15.1. The Labute approximate surface area is 142 Å². The van der Waals surface area contributed by atoms with Crippen molar-refractivity contribution in [2.24, 2.45) is 0 Å². The number of halogens is 2. The van der Waals surface area contributed by atoms with Gasteiger partial charge < -0.3 is 0 Å². The van der Waals surface area contributed by atoms with Crippen LogP contribution in [0.15, 0.2) is 31.8 Å². The van der Waals surface area contributed by atoms with Crippen molar-refractivity contribution in [3.8, 4) is 0 Å². The van der Waals surface area contributed by atoms with Crippen molar-refractivity contribution >= 4 is 68.9 Å². The summed E-state index contributed by atoms with van der Waals surface area (Å²) in [6.07, 6.45) is 1.96. The summed E-state index contributed by atoms with van der Waals surface area (Å²) < 4.78 is 14.0. The Hall–Kier alpha value is 0.210. The minimum absolute atomic E-state index is 0.485. The molecule has 3 nitrogen and oxygen atoms in total. The average molecular weight is 385 g/mol. The molecule has 1 heterocycles. The summed E-state index contributed by atoms with van der Waals surface area (Å²) in [5, 5.41) is 9.09. The van der Waals surface area contributed by atoms with E-state index in [2.05, 4.69) is 10.2 Å². The van der Waals surface area contributed by atoms with Crippen LogP contribution in [-0.4, -0.2) is 32.2 Å². The Kier molecular flexibility index (Phi) is 6.64. The Balaban J connectivity index is 1.90. The van der Waals surface area contributed by atoms with Gasteiger partial charge in [0.2, 0.25) is 0 Å². The number of nitrogens with zero attached hydrogens (tertiary/aromatic N) is 2. The third kappa shape index (κ3) is 4.61. The van der Waals surface area contributed by atoms with Crippen LogP contribution >= 0.6 is 58.1 Å². The molecule has 2 aromatic rings. The topological polar surface area (TPSA) is 42.9 Å². The molecule has 0 N–H and O–H groups in total. The number of hydrogen-bond donors (Lipinski definition) is 0. The summed E-state index contributed by atoms with van der Waals surface area (Å²) in [7, 11) is -1.16. The molecule has 0 spiro atoms. The third-order valence-corrected chi connectivity index (χ3v) is 7.57. The molecule has 0 fully saturated rings. The summed E-state index contributed by atoms with van der Waals surface area (Å²) >= 11 is 16.6. The van der Waals surface area contributed by atoms with Crippen molar-refractivity contribution < 1.29 is 4.21 Å². The first kappa shape index (κ1) is 16.6. The molecule has 0 amide bonds. The molecule has 0 aliphatic heterocycles. The van der Waals surface area contributed by atoms with Crippen LogP contribution in [0.1, 0.15) is 0 Å². The van der Waals surface area contributed by atoms with Crippen LogP contribution < -0.4 is 0 Å². The third-order valence-electron chi connectivity index (χ3n) is 2.20. The molecule has 0 aliphatic carbocycles. The quantitative estimate of drug-likeness (QED) is 0.687. The van der Waals surface area contributed by atoms with Gasteiger partial charge in [-0.25, -0.2) is 0 Å². The molecule has 0 radical (unpaired) electrons. The summed E-state index contributed by atoms with van der Waals surface area (Å²) in [6, 6.07) is 5.01. The van der Waals surface area contributed by atoms with Gasteiger partial charge in [-0.15, -0.1) is 10.2 Å². The number of hydrogen-bond acceptors (Lipinski definition) is 6. The molecule has 1 aromatic heterocycles. The SMILES string of the molecule is CSc1nnc(SCC[S@@](=O)c2cc(Cl)ccc2Cl)s1. The second-order valence-electron chi connectivity index (χ2n) is 3.51. The lowest BCUT2D eigenvalue weighted by Crippen LogP contribution is -2.01. The average Bonchev–Trinajstić information content (AvgIpc) is 2.89. The van der Waals surface area contributed by atoms with E-state index in [0.717, 1.165) is 8.68 Å². The van der Waals surface area contributed by atoms with Crippen LogP contribution in [0.3, 0.4) is 0 Å². The van der Waals surface area contributed by atoms with E-state index in [1.165, 1.54) is 0 Å². The Morgan fingerprint density at radius 1 is 1.30 bits per heavy atom. The van der Waals surface area contributed by atoms with E-state index in [4.69, 9.17) is 23.2 Å². The number of rotatable bonds is 6. The highest BCUT2D eigenvalue weighted by Crippen LogP contribution is 2.28. The zero-order chi connectivity index (χ0) is 14.5. The van der Waals surface area contributed by atoms with Gasteiger partial charge in [-0.3, -0.25) is 4.21 Å². The van der Waals surface area contributed by atoms with Crippen LogP contribution in [-0.2, 0) is 10.8 Å². The summed E-state index contributed by atoms with van der Waals surface area (Å²) in [5.41, 5.74) is 0. The Morgan fingerprint density at radius 3 is 2.75 bits per heavy atom. The zero-order valence-electron chi connectivity index (χ0n) is 10.3. The largest absolute Gasteiger partial charge is 0.254 e. The van der Waals surface area contributed by atoms with Gasteiger partial charge in [-0.1, -0.05) is 58.1 Å². The van der Waals surface area contributed by atoms with Crippen molar-refractivity contribution in [2.45, 2.75) is 13.6 Å². The van der Waals surface area contributed by atoms with Gasteiger partial charge in [0.15, 0.2) is 8.68 Å². The van der Waals surface area contributed by atoms with Gasteiger partial charge in [-0.2, -0.15) is 0 Å².